The number of aromatic nitrogens is 4. The van der Waals surface area contributed by atoms with Gasteiger partial charge in [-0.25, -0.2) is 0 Å². The fourth-order valence-corrected chi connectivity index (χ4v) is 2.58. The molecule has 7 heteroatoms. The second-order valence-corrected chi connectivity index (χ2v) is 5.23. The Bertz CT molecular complexity index is 559. The maximum absolute atomic E-state index is 11.7. The molecule has 0 saturated carbocycles. The summed E-state index contributed by atoms with van der Waals surface area (Å²) in [5, 5.41) is 32.4. The van der Waals surface area contributed by atoms with Gasteiger partial charge in [0, 0.05) is 12.5 Å². The summed E-state index contributed by atoms with van der Waals surface area (Å²) in [5.41, 5.74) is 1.03. The summed E-state index contributed by atoms with van der Waals surface area (Å²) in [6.07, 6.45) is 2.25. The number of nitrogens with one attached hydrogen (secondary N) is 1. The van der Waals surface area contributed by atoms with E-state index in [-0.39, 0.29) is 12.5 Å². The lowest BCUT2D eigenvalue weighted by atomic mass is 9.83. The first-order chi connectivity index (χ1) is 10.7. The molecule has 2 aromatic rings. The van der Waals surface area contributed by atoms with Gasteiger partial charge in [-0.1, -0.05) is 42.0 Å². The molecule has 1 aromatic carbocycles. The Kier molecular flexibility index (Phi) is 6.02. The van der Waals surface area contributed by atoms with Crippen molar-refractivity contribution in [1.29, 1.82) is 0 Å². The summed E-state index contributed by atoms with van der Waals surface area (Å²) in [6.45, 7) is 0.0674. The Morgan fingerprint density at radius 3 is 2.59 bits per heavy atom. The molecular weight excluding hydrogens is 284 g/mol. The number of benzene rings is 1. The first-order valence-electron chi connectivity index (χ1n) is 7.33. The largest absolute Gasteiger partial charge is 0.481 e. The number of unbranched alkanes of at least 4 members (excludes halogenated alkanes) is 1. The minimum Gasteiger partial charge on any atom is -0.481 e. The van der Waals surface area contributed by atoms with Gasteiger partial charge in [0.1, 0.15) is 0 Å². The molecule has 1 heterocycles. The summed E-state index contributed by atoms with van der Waals surface area (Å²) in [5.74, 6) is -1.41. The van der Waals surface area contributed by atoms with E-state index >= 15 is 0 Å². The van der Waals surface area contributed by atoms with E-state index in [1.165, 1.54) is 0 Å². The van der Waals surface area contributed by atoms with Crippen LogP contribution in [0.5, 0.6) is 0 Å². The number of rotatable bonds is 9. The summed E-state index contributed by atoms with van der Waals surface area (Å²) in [4.78, 5) is 11.7. The van der Waals surface area contributed by atoms with Gasteiger partial charge in [-0.2, -0.15) is 5.21 Å². The Morgan fingerprint density at radius 2 is 2.00 bits per heavy atom. The molecule has 0 aliphatic rings. The number of aliphatic carboxylic acids is 1. The minimum absolute atomic E-state index is 0.0674. The highest BCUT2D eigenvalue weighted by Crippen LogP contribution is 2.30. The molecule has 0 radical (unpaired) electrons. The van der Waals surface area contributed by atoms with Crippen LogP contribution in [-0.2, 0) is 11.2 Å². The number of H-pyrrole nitrogens is 1. The molecule has 118 valence electrons. The maximum Gasteiger partial charge on any atom is 0.307 e. The summed E-state index contributed by atoms with van der Waals surface area (Å²) < 4.78 is 0. The second-order valence-electron chi connectivity index (χ2n) is 5.23. The predicted octanol–water partition coefficient (Wildman–Crippen LogP) is 1.39. The lowest BCUT2D eigenvalue weighted by Crippen LogP contribution is -2.25. The van der Waals surface area contributed by atoms with E-state index in [4.69, 9.17) is 5.11 Å². The first-order valence-corrected chi connectivity index (χ1v) is 7.33. The molecule has 7 nitrogen and oxygen atoms in total. The van der Waals surface area contributed by atoms with Crippen LogP contribution in [0.1, 0.15) is 36.6 Å². The summed E-state index contributed by atoms with van der Waals surface area (Å²) in [6, 6.07) is 9.68. The molecule has 0 unspecified atom stereocenters. The van der Waals surface area contributed by atoms with Gasteiger partial charge in [0.15, 0.2) is 5.82 Å². The van der Waals surface area contributed by atoms with Crippen LogP contribution in [0.4, 0.5) is 0 Å². The number of aromatic amines is 1. The quantitative estimate of drug-likeness (QED) is 0.603. The normalized spacial score (nSPS) is 13.7. The fourth-order valence-electron chi connectivity index (χ4n) is 2.58. The first kappa shape index (κ1) is 16.1. The highest BCUT2D eigenvalue weighted by molar-refractivity contribution is 5.71. The Morgan fingerprint density at radius 1 is 1.23 bits per heavy atom. The van der Waals surface area contributed by atoms with Gasteiger partial charge in [0.2, 0.25) is 0 Å². The zero-order chi connectivity index (χ0) is 15.8. The van der Waals surface area contributed by atoms with E-state index in [1.807, 2.05) is 30.3 Å². The van der Waals surface area contributed by atoms with Crippen molar-refractivity contribution in [2.45, 2.75) is 31.6 Å². The Balaban J connectivity index is 2.20. The van der Waals surface area contributed by atoms with E-state index in [0.29, 0.717) is 31.5 Å². The third kappa shape index (κ3) is 4.36. The zero-order valence-electron chi connectivity index (χ0n) is 12.2. The molecule has 0 saturated heterocycles. The number of tetrazole rings is 1. The monoisotopic (exact) mass is 304 g/mol. The lowest BCUT2D eigenvalue weighted by Gasteiger charge is -2.21. The number of hydrogen-bond donors (Lipinski definition) is 3. The van der Waals surface area contributed by atoms with Gasteiger partial charge in [0.05, 0.1) is 5.92 Å². The highest BCUT2D eigenvalue weighted by Gasteiger charge is 2.32. The fraction of sp³-hybridized carbons (Fsp3) is 0.467. The number of carboxylic acids is 1. The Labute approximate surface area is 128 Å². The number of carbonyl (C=O) groups is 1. The lowest BCUT2D eigenvalue weighted by molar-refractivity contribution is -0.143. The number of carboxylic acid groups (broad SMARTS) is 1. The number of aliphatic hydroxyl groups excluding tert-OH is 1. The van der Waals surface area contributed by atoms with Crippen molar-refractivity contribution in [2.75, 3.05) is 6.61 Å². The van der Waals surface area contributed by atoms with Crippen LogP contribution in [0.15, 0.2) is 30.3 Å². The molecule has 3 N–H and O–H groups in total. The van der Waals surface area contributed by atoms with Crippen LogP contribution in [0, 0.1) is 5.92 Å². The molecule has 0 spiro atoms. The summed E-state index contributed by atoms with van der Waals surface area (Å²) in [7, 11) is 0. The average molecular weight is 304 g/mol. The average Bonchev–Trinajstić information content (AvgIpc) is 3.05. The van der Waals surface area contributed by atoms with Crippen molar-refractivity contribution in [2.24, 2.45) is 5.92 Å². The van der Waals surface area contributed by atoms with E-state index in [2.05, 4.69) is 20.6 Å². The molecule has 0 aliphatic carbocycles. The minimum atomic E-state index is -0.872. The van der Waals surface area contributed by atoms with E-state index in [0.717, 1.165) is 5.56 Å². The number of hydrogen-bond acceptors (Lipinski definition) is 5. The molecule has 2 rings (SSSR count). The van der Waals surface area contributed by atoms with Gasteiger partial charge in [-0.15, -0.1) is 10.2 Å². The molecule has 1 aromatic heterocycles. The molecule has 0 aliphatic heterocycles. The predicted molar refractivity (Wildman–Crippen MR) is 79.1 cm³/mol. The van der Waals surface area contributed by atoms with Crippen LogP contribution >= 0.6 is 0 Å². The van der Waals surface area contributed by atoms with Crippen LogP contribution in [0.2, 0.25) is 0 Å². The molecule has 0 amide bonds. The maximum atomic E-state index is 11.7. The van der Waals surface area contributed by atoms with Crippen molar-refractivity contribution in [3.8, 4) is 0 Å². The van der Waals surface area contributed by atoms with Gasteiger partial charge < -0.3 is 10.2 Å². The second kappa shape index (κ2) is 8.23. The smallest absolute Gasteiger partial charge is 0.307 e. The van der Waals surface area contributed by atoms with E-state index < -0.39 is 11.9 Å². The molecule has 0 fully saturated rings. The topological polar surface area (TPSA) is 112 Å². The zero-order valence-corrected chi connectivity index (χ0v) is 12.2. The van der Waals surface area contributed by atoms with Gasteiger partial charge in [-0.3, -0.25) is 4.79 Å². The summed E-state index contributed by atoms with van der Waals surface area (Å²) >= 11 is 0. The molecule has 2 atom stereocenters. The van der Waals surface area contributed by atoms with Crippen molar-refractivity contribution in [1.82, 2.24) is 20.6 Å². The number of nitrogens with zero attached hydrogens (tertiary/aromatic N) is 3. The highest BCUT2D eigenvalue weighted by atomic mass is 16.4. The van der Waals surface area contributed by atoms with Crippen molar-refractivity contribution >= 4 is 5.97 Å². The van der Waals surface area contributed by atoms with Gasteiger partial charge in [0.25, 0.3) is 0 Å². The van der Waals surface area contributed by atoms with Crippen LogP contribution in [0.3, 0.4) is 0 Å². The third-order valence-corrected chi connectivity index (χ3v) is 3.72. The van der Waals surface area contributed by atoms with Crippen LogP contribution < -0.4 is 0 Å². The molecule has 22 heavy (non-hydrogen) atoms. The third-order valence-electron chi connectivity index (χ3n) is 3.72. The van der Waals surface area contributed by atoms with Gasteiger partial charge >= 0.3 is 5.97 Å². The van der Waals surface area contributed by atoms with Crippen molar-refractivity contribution in [3.63, 3.8) is 0 Å². The SMILES string of the molecule is O=C(O)[C@@H](CCCCO)[C@H](Cc1ccccc1)c1nn[nH]n1. The number of aliphatic hydroxyl groups is 1. The van der Waals surface area contributed by atoms with Gasteiger partial charge in [-0.05, 0) is 24.8 Å². The van der Waals surface area contributed by atoms with E-state index in [9.17, 15) is 9.90 Å². The molecular formula is C15H20N4O3. The van der Waals surface area contributed by atoms with Crippen molar-refractivity contribution < 1.29 is 15.0 Å². The van der Waals surface area contributed by atoms with E-state index in [1.54, 1.807) is 0 Å². The Hall–Kier alpha value is -2.28. The van der Waals surface area contributed by atoms with Crippen LogP contribution in [0.25, 0.3) is 0 Å². The van der Waals surface area contributed by atoms with Crippen molar-refractivity contribution in [3.05, 3.63) is 41.7 Å². The molecule has 0 bridgehead atoms. The van der Waals surface area contributed by atoms with Crippen LogP contribution in [-0.4, -0.2) is 43.4 Å². The standard InChI is InChI=1S/C15H20N4O3/c20-9-5-4-8-12(15(21)22)13(14-16-18-19-17-14)10-11-6-2-1-3-7-11/h1-3,6-7,12-13,20H,4-5,8-10H2,(H,21,22)(H,16,17,18,19)/t12-,13-/m0/s1.